The van der Waals surface area contributed by atoms with Gasteiger partial charge in [-0.15, -0.1) is 18.8 Å². The summed E-state index contributed by atoms with van der Waals surface area (Å²) in [6.07, 6.45) is 10.2. The molecule has 0 spiro atoms. The molecule has 1 N–H and O–H groups in total. The second-order valence-electron chi connectivity index (χ2n) is 2.68. The molecule has 0 atom stereocenters. The molecule has 0 aliphatic heterocycles. The lowest BCUT2D eigenvalue weighted by Gasteiger charge is -2.20. The van der Waals surface area contributed by atoms with Gasteiger partial charge < -0.3 is 5.32 Å². The Morgan fingerprint density at radius 3 is 2.10 bits per heavy atom. The Labute approximate surface area is 69.0 Å². The van der Waals surface area contributed by atoms with Crippen LogP contribution in [-0.4, -0.2) is 12.6 Å². The SMILES string of the molecule is C#CC1(NC)CCCC1.Cl. The van der Waals surface area contributed by atoms with E-state index in [1.807, 2.05) is 7.05 Å². The predicted molar refractivity (Wildman–Crippen MR) is 46.3 cm³/mol. The second-order valence-corrected chi connectivity index (χ2v) is 2.68. The molecular formula is C8H14ClN. The third-order valence-electron chi connectivity index (χ3n) is 2.21. The number of nitrogens with one attached hydrogen (secondary N) is 1. The van der Waals surface area contributed by atoms with Crippen molar-refractivity contribution >= 4 is 12.4 Å². The van der Waals surface area contributed by atoms with Crippen molar-refractivity contribution in [2.45, 2.75) is 31.2 Å². The summed E-state index contributed by atoms with van der Waals surface area (Å²) in [7, 11) is 1.95. The topological polar surface area (TPSA) is 12.0 Å². The van der Waals surface area contributed by atoms with Crippen molar-refractivity contribution in [1.82, 2.24) is 5.32 Å². The van der Waals surface area contributed by atoms with Crippen LogP contribution in [0.2, 0.25) is 0 Å². The highest BCUT2D eigenvalue weighted by atomic mass is 35.5. The lowest BCUT2D eigenvalue weighted by atomic mass is 10.00. The van der Waals surface area contributed by atoms with Crippen molar-refractivity contribution in [3.63, 3.8) is 0 Å². The molecule has 0 heterocycles. The lowest BCUT2D eigenvalue weighted by molar-refractivity contribution is 0.469. The van der Waals surface area contributed by atoms with Crippen LogP contribution in [0.4, 0.5) is 0 Å². The summed E-state index contributed by atoms with van der Waals surface area (Å²) in [5.41, 5.74) is 0.0556. The van der Waals surface area contributed by atoms with E-state index < -0.39 is 0 Å². The van der Waals surface area contributed by atoms with Crippen molar-refractivity contribution in [3.8, 4) is 12.3 Å². The van der Waals surface area contributed by atoms with E-state index in [2.05, 4.69) is 11.2 Å². The van der Waals surface area contributed by atoms with Gasteiger partial charge in [0.2, 0.25) is 0 Å². The summed E-state index contributed by atoms with van der Waals surface area (Å²) in [6.45, 7) is 0. The molecule has 0 bridgehead atoms. The molecule has 0 unspecified atom stereocenters. The Morgan fingerprint density at radius 2 is 1.90 bits per heavy atom. The third kappa shape index (κ3) is 1.65. The Morgan fingerprint density at radius 1 is 1.40 bits per heavy atom. The molecule has 58 valence electrons. The van der Waals surface area contributed by atoms with Gasteiger partial charge in [-0.05, 0) is 19.9 Å². The minimum Gasteiger partial charge on any atom is -0.304 e. The third-order valence-corrected chi connectivity index (χ3v) is 2.21. The normalized spacial score (nSPS) is 21.2. The smallest absolute Gasteiger partial charge is 0.0795 e. The van der Waals surface area contributed by atoms with Crippen LogP contribution in [0.1, 0.15) is 25.7 Å². The monoisotopic (exact) mass is 159 g/mol. The van der Waals surface area contributed by atoms with Crippen LogP contribution in [0.3, 0.4) is 0 Å². The molecule has 1 rings (SSSR count). The zero-order valence-electron chi connectivity index (χ0n) is 6.31. The largest absolute Gasteiger partial charge is 0.304 e. The van der Waals surface area contributed by atoms with Crippen molar-refractivity contribution < 1.29 is 0 Å². The van der Waals surface area contributed by atoms with E-state index in [0.717, 1.165) is 12.8 Å². The number of hydrogen-bond acceptors (Lipinski definition) is 1. The summed E-state index contributed by atoms with van der Waals surface area (Å²) in [4.78, 5) is 0. The van der Waals surface area contributed by atoms with E-state index in [-0.39, 0.29) is 17.9 Å². The molecule has 0 saturated heterocycles. The van der Waals surface area contributed by atoms with Crippen LogP contribution >= 0.6 is 12.4 Å². The van der Waals surface area contributed by atoms with Gasteiger partial charge in [-0.3, -0.25) is 0 Å². The summed E-state index contributed by atoms with van der Waals surface area (Å²) < 4.78 is 0. The number of hydrogen-bond donors (Lipinski definition) is 1. The average Bonchev–Trinajstić information content (AvgIpc) is 2.36. The van der Waals surface area contributed by atoms with E-state index in [9.17, 15) is 0 Å². The van der Waals surface area contributed by atoms with Crippen molar-refractivity contribution in [2.24, 2.45) is 0 Å². The lowest BCUT2D eigenvalue weighted by Crippen LogP contribution is -2.37. The van der Waals surface area contributed by atoms with Gasteiger partial charge in [-0.25, -0.2) is 0 Å². The summed E-state index contributed by atoms with van der Waals surface area (Å²) >= 11 is 0. The maximum absolute atomic E-state index is 5.37. The molecule has 1 aliphatic carbocycles. The first-order valence-electron chi connectivity index (χ1n) is 3.50. The van der Waals surface area contributed by atoms with E-state index in [4.69, 9.17) is 6.42 Å². The van der Waals surface area contributed by atoms with Crippen molar-refractivity contribution in [2.75, 3.05) is 7.05 Å². The molecule has 0 amide bonds. The zero-order chi connectivity index (χ0) is 6.74. The van der Waals surface area contributed by atoms with Gasteiger partial charge in [0.15, 0.2) is 0 Å². The summed E-state index contributed by atoms with van der Waals surface area (Å²) in [5.74, 6) is 2.82. The van der Waals surface area contributed by atoms with Gasteiger partial charge in [0.1, 0.15) is 0 Å². The maximum atomic E-state index is 5.37. The molecule has 0 aromatic carbocycles. The van der Waals surface area contributed by atoms with Crippen LogP contribution in [-0.2, 0) is 0 Å². The first-order valence-corrected chi connectivity index (χ1v) is 3.50. The minimum atomic E-state index is 0. The maximum Gasteiger partial charge on any atom is 0.0795 e. The van der Waals surface area contributed by atoms with Gasteiger partial charge >= 0.3 is 0 Å². The van der Waals surface area contributed by atoms with Crippen molar-refractivity contribution in [1.29, 1.82) is 0 Å². The molecule has 0 aromatic heterocycles. The van der Waals surface area contributed by atoms with E-state index in [1.54, 1.807) is 0 Å². The Balaban J connectivity index is 0.000000810. The predicted octanol–water partition coefficient (Wildman–Crippen LogP) is 1.57. The van der Waals surface area contributed by atoms with Crippen LogP contribution in [0.5, 0.6) is 0 Å². The van der Waals surface area contributed by atoms with Crippen LogP contribution < -0.4 is 5.32 Å². The molecule has 1 fully saturated rings. The molecule has 1 aliphatic rings. The highest BCUT2D eigenvalue weighted by molar-refractivity contribution is 5.85. The number of terminal acetylenes is 1. The quantitative estimate of drug-likeness (QED) is 0.573. The minimum absolute atomic E-state index is 0. The molecular weight excluding hydrogens is 146 g/mol. The van der Waals surface area contributed by atoms with E-state index >= 15 is 0 Å². The summed E-state index contributed by atoms with van der Waals surface area (Å²) in [5, 5.41) is 3.19. The first kappa shape index (κ1) is 9.81. The van der Waals surface area contributed by atoms with Gasteiger partial charge in [-0.1, -0.05) is 18.8 Å². The van der Waals surface area contributed by atoms with E-state index in [1.165, 1.54) is 12.8 Å². The van der Waals surface area contributed by atoms with Gasteiger partial charge in [-0.2, -0.15) is 0 Å². The second kappa shape index (κ2) is 3.85. The molecule has 0 radical (unpaired) electrons. The first-order chi connectivity index (χ1) is 4.33. The average molecular weight is 160 g/mol. The van der Waals surface area contributed by atoms with Gasteiger partial charge in [0.05, 0.1) is 5.54 Å². The van der Waals surface area contributed by atoms with Crippen molar-refractivity contribution in [3.05, 3.63) is 0 Å². The molecule has 10 heavy (non-hydrogen) atoms. The fourth-order valence-corrected chi connectivity index (χ4v) is 1.45. The van der Waals surface area contributed by atoms with Crippen LogP contribution in [0, 0.1) is 12.3 Å². The van der Waals surface area contributed by atoms with Crippen LogP contribution in [0.25, 0.3) is 0 Å². The standard InChI is InChI=1S/C8H13N.ClH/c1-3-8(9-2)6-4-5-7-8;/h1,9H,4-7H2,2H3;1H. The fourth-order valence-electron chi connectivity index (χ4n) is 1.45. The Hall–Kier alpha value is -0.190. The highest BCUT2D eigenvalue weighted by Crippen LogP contribution is 2.27. The summed E-state index contributed by atoms with van der Waals surface area (Å²) in [6, 6.07) is 0. The zero-order valence-corrected chi connectivity index (χ0v) is 7.13. The van der Waals surface area contributed by atoms with Gasteiger partial charge in [0, 0.05) is 0 Å². The Kier molecular flexibility index (Phi) is 3.78. The van der Waals surface area contributed by atoms with Gasteiger partial charge in [0.25, 0.3) is 0 Å². The van der Waals surface area contributed by atoms with E-state index in [0.29, 0.717) is 0 Å². The number of halogens is 1. The molecule has 0 aromatic rings. The number of rotatable bonds is 1. The fraction of sp³-hybridized carbons (Fsp3) is 0.750. The molecule has 2 heteroatoms. The molecule has 1 nitrogen and oxygen atoms in total. The van der Waals surface area contributed by atoms with Crippen LogP contribution in [0.15, 0.2) is 0 Å². The molecule has 1 saturated carbocycles. The Bertz CT molecular complexity index is 131. The highest BCUT2D eigenvalue weighted by Gasteiger charge is 2.29.